The molecule has 0 saturated heterocycles. The average Bonchev–Trinajstić information content (AvgIpc) is 3.02. The molecule has 2 saturated carbocycles. The molecule has 1 N–H and O–H groups in total. The maximum Gasteiger partial charge on any atom is 0.218 e. The van der Waals surface area contributed by atoms with E-state index in [0.717, 1.165) is 12.8 Å². The minimum atomic E-state index is -3.13. The maximum atomic E-state index is 12.6. The Morgan fingerprint density at radius 2 is 1.83 bits per heavy atom. The molecule has 18 heavy (non-hydrogen) atoms. The minimum absolute atomic E-state index is 0.253. The highest BCUT2D eigenvalue weighted by molar-refractivity contribution is 7.89. The lowest BCUT2D eigenvalue weighted by Gasteiger charge is -2.29. The second-order valence-corrected chi connectivity index (χ2v) is 7.98. The molecular weight excluding hydrogens is 248 g/mol. The van der Waals surface area contributed by atoms with Gasteiger partial charge < -0.3 is 5.32 Å². The Morgan fingerprint density at radius 1 is 1.22 bits per heavy atom. The Morgan fingerprint density at radius 3 is 2.33 bits per heavy atom. The molecule has 1 unspecified atom stereocenters. The standard InChI is InChI=1S/C13H26N2O2S/c1-3-15(13-6-4-5-7-13)18(16,17)11(2)10-14-12-8-9-12/h11-14H,3-10H2,1-2H3. The highest BCUT2D eigenvalue weighted by Crippen LogP contribution is 2.27. The fraction of sp³-hybridized carbons (Fsp3) is 1.00. The van der Waals surface area contributed by atoms with Crippen LogP contribution in [0.1, 0.15) is 52.4 Å². The third kappa shape index (κ3) is 3.25. The Kier molecular flexibility index (Phi) is 4.67. The second-order valence-electron chi connectivity index (χ2n) is 5.68. The largest absolute Gasteiger partial charge is 0.313 e. The number of hydrogen-bond donors (Lipinski definition) is 1. The summed E-state index contributed by atoms with van der Waals surface area (Å²) in [4.78, 5) is 0. The second kappa shape index (κ2) is 5.88. The van der Waals surface area contributed by atoms with Gasteiger partial charge in [-0.2, -0.15) is 4.31 Å². The van der Waals surface area contributed by atoms with Crippen molar-refractivity contribution in [1.29, 1.82) is 0 Å². The molecule has 2 aliphatic carbocycles. The normalized spacial score (nSPS) is 23.7. The van der Waals surface area contributed by atoms with Gasteiger partial charge in [0.1, 0.15) is 0 Å². The molecule has 0 aliphatic heterocycles. The first-order chi connectivity index (χ1) is 8.55. The molecule has 0 amide bonds. The number of nitrogens with zero attached hydrogens (tertiary/aromatic N) is 1. The molecule has 0 aromatic heterocycles. The predicted molar refractivity (Wildman–Crippen MR) is 74.0 cm³/mol. The van der Waals surface area contributed by atoms with Crippen molar-refractivity contribution in [3.63, 3.8) is 0 Å². The van der Waals surface area contributed by atoms with Crippen molar-refractivity contribution in [3.05, 3.63) is 0 Å². The summed E-state index contributed by atoms with van der Waals surface area (Å²) >= 11 is 0. The number of rotatable bonds is 7. The van der Waals surface area contributed by atoms with Gasteiger partial charge in [-0.15, -0.1) is 0 Å². The lowest BCUT2D eigenvalue weighted by Crippen LogP contribution is -2.46. The molecule has 0 bridgehead atoms. The summed E-state index contributed by atoms with van der Waals surface area (Å²) < 4.78 is 26.9. The fourth-order valence-corrected chi connectivity index (χ4v) is 4.55. The van der Waals surface area contributed by atoms with Crippen LogP contribution in [0.4, 0.5) is 0 Å². The zero-order chi connectivity index (χ0) is 13.2. The van der Waals surface area contributed by atoms with E-state index in [2.05, 4.69) is 5.32 Å². The lowest BCUT2D eigenvalue weighted by molar-refractivity contribution is 0.330. The van der Waals surface area contributed by atoms with Crippen LogP contribution in [0.2, 0.25) is 0 Å². The summed E-state index contributed by atoms with van der Waals surface area (Å²) in [5.41, 5.74) is 0. The molecule has 0 radical (unpaired) electrons. The molecule has 2 fully saturated rings. The van der Waals surface area contributed by atoms with E-state index in [1.807, 2.05) is 13.8 Å². The van der Waals surface area contributed by atoms with Crippen LogP contribution >= 0.6 is 0 Å². The maximum absolute atomic E-state index is 12.6. The summed E-state index contributed by atoms with van der Waals surface area (Å²) in [6, 6.07) is 0.826. The van der Waals surface area contributed by atoms with Crippen molar-refractivity contribution < 1.29 is 8.42 Å². The smallest absolute Gasteiger partial charge is 0.218 e. The lowest BCUT2D eigenvalue weighted by atomic mass is 10.2. The summed E-state index contributed by atoms with van der Waals surface area (Å²) in [6.07, 6.45) is 6.82. The van der Waals surface area contributed by atoms with Gasteiger partial charge in [0, 0.05) is 25.2 Å². The molecule has 4 nitrogen and oxygen atoms in total. The average molecular weight is 274 g/mol. The first-order valence-corrected chi connectivity index (χ1v) is 8.80. The van der Waals surface area contributed by atoms with Crippen molar-refractivity contribution in [2.45, 2.75) is 69.7 Å². The molecule has 2 rings (SSSR count). The van der Waals surface area contributed by atoms with Crippen LogP contribution in [0.15, 0.2) is 0 Å². The van der Waals surface area contributed by atoms with E-state index in [0.29, 0.717) is 19.1 Å². The zero-order valence-electron chi connectivity index (χ0n) is 11.6. The predicted octanol–water partition coefficient (Wildman–Crippen LogP) is 1.72. The molecule has 2 aliphatic rings. The molecule has 106 valence electrons. The van der Waals surface area contributed by atoms with Gasteiger partial charge in [0.15, 0.2) is 0 Å². The van der Waals surface area contributed by atoms with Crippen molar-refractivity contribution in [3.8, 4) is 0 Å². The van der Waals surface area contributed by atoms with Gasteiger partial charge >= 0.3 is 0 Å². The van der Waals surface area contributed by atoms with E-state index in [1.54, 1.807) is 4.31 Å². The molecule has 0 heterocycles. The summed E-state index contributed by atoms with van der Waals surface area (Å²) in [5, 5.41) is 3.02. The molecule has 0 spiro atoms. The van der Waals surface area contributed by atoms with E-state index >= 15 is 0 Å². The number of nitrogens with one attached hydrogen (secondary N) is 1. The monoisotopic (exact) mass is 274 g/mol. The van der Waals surface area contributed by atoms with Crippen molar-refractivity contribution in [2.24, 2.45) is 0 Å². The Labute approximate surface area is 111 Å². The Balaban J connectivity index is 1.96. The van der Waals surface area contributed by atoms with E-state index in [9.17, 15) is 8.42 Å². The topological polar surface area (TPSA) is 49.4 Å². The first-order valence-electron chi connectivity index (χ1n) is 7.29. The minimum Gasteiger partial charge on any atom is -0.313 e. The third-order valence-electron chi connectivity index (χ3n) is 4.15. The van der Waals surface area contributed by atoms with Gasteiger partial charge in [-0.3, -0.25) is 0 Å². The summed E-state index contributed by atoms with van der Waals surface area (Å²) in [6.45, 7) is 5.00. The van der Waals surface area contributed by atoms with Gasteiger partial charge in [0.25, 0.3) is 0 Å². The van der Waals surface area contributed by atoms with Crippen LogP contribution < -0.4 is 5.32 Å². The molecular formula is C13H26N2O2S. The Bertz CT molecular complexity index is 359. The van der Waals surface area contributed by atoms with Gasteiger partial charge in [0.05, 0.1) is 5.25 Å². The highest BCUT2D eigenvalue weighted by atomic mass is 32.2. The van der Waals surface area contributed by atoms with Gasteiger partial charge in [-0.1, -0.05) is 19.8 Å². The highest BCUT2D eigenvalue weighted by Gasteiger charge is 2.35. The van der Waals surface area contributed by atoms with Crippen molar-refractivity contribution in [1.82, 2.24) is 9.62 Å². The van der Waals surface area contributed by atoms with Crippen molar-refractivity contribution >= 4 is 10.0 Å². The van der Waals surface area contributed by atoms with E-state index < -0.39 is 10.0 Å². The first kappa shape index (κ1) is 14.3. The van der Waals surface area contributed by atoms with Crippen molar-refractivity contribution in [2.75, 3.05) is 13.1 Å². The quantitative estimate of drug-likeness (QED) is 0.769. The Hall–Kier alpha value is -0.130. The van der Waals surface area contributed by atoms with Crippen LogP contribution in [0.25, 0.3) is 0 Å². The summed E-state index contributed by atoms with van der Waals surface area (Å²) in [7, 11) is -3.13. The number of hydrogen-bond acceptors (Lipinski definition) is 3. The molecule has 1 atom stereocenters. The SMILES string of the molecule is CCN(C1CCCC1)S(=O)(=O)C(C)CNC1CC1. The molecule has 5 heteroatoms. The summed E-state index contributed by atoms with van der Waals surface area (Å²) in [5.74, 6) is 0. The zero-order valence-corrected chi connectivity index (χ0v) is 12.4. The van der Waals surface area contributed by atoms with Crippen LogP contribution in [-0.2, 0) is 10.0 Å². The third-order valence-corrected chi connectivity index (χ3v) is 6.54. The van der Waals surface area contributed by atoms with Gasteiger partial charge in [-0.25, -0.2) is 8.42 Å². The van der Waals surface area contributed by atoms with Gasteiger partial charge in [0.2, 0.25) is 10.0 Å². The van der Waals surface area contributed by atoms with Crippen LogP contribution in [0.3, 0.4) is 0 Å². The molecule has 0 aromatic rings. The van der Waals surface area contributed by atoms with E-state index in [4.69, 9.17) is 0 Å². The molecule has 0 aromatic carbocycles. The number of sulfonamides is 1. The van der Waals surface area contributed by atoms with E-state index in [1.165, 1.54) is 25.7 Å². The van der Waals surface area contributed by atoms with E-state index in [-0.39, 0.29) is 11.3 Å². The van der Waals surface area contributed by atoms with Crippen LogP contribution in [0.5, 0.6) is 0 Å². The van der Waals surface area contributed by atoms with Crippen LogP contribution in [0, 0.1) is 0 Å². The fourth-order valence-electron chi connectivity index (χ4n) is 2.79. The van der Waals surface area contributed by atoms with Crippen LogP contribution in [-0.4, -0.2) is 43.1 Å². The van der Waals surface area contributed by atoms with Gasteiger partial charge in [-0.05, 0) is 32.6 Å².